The smallest absolute Gasteiger partial charge is 0.343 e. The molecule has 0 aliphatic rings. The SMILES string of the molecule is CCCCOC(=O)/C=C/c1ccc(-c2nnc(-c3ccc(OC(=O)c4ccc(OCCCCOC(=O)C(C)CC)cc4)cc3)o2)cc1. The molecule has 246 valence electrons. The first-order valence-electron chi connectivity index (χ1n) is 15.9. The molecule has 0 fully saturated rings. The molecule has 0 bridgehead atoms. The lowest BCUT2D eigenvalue weighted by Crippen LogP contribution is -2.15. The zero-order valence-electron chi connectivity index (χ0n) is 27.0. The van der Waals surface area contributed by atoms with Gasteiger partial charge in [-0.25, -0.2) is 9.59 Å². The van der Waals surface area contributed by atoms with E-state index in [2.05, 4.69) is 10.2 Å². The average Bonchev–Trinajstić information content (AvgIpc) is 3.60. The van der Waals surface area contributed by atoms with Gasteiger partial charge in [-0.2, -0.15) is 0 Å². The molecular weight excluding hydrogens is 600 g/mol. The summed E-state index contributed by atoms with van der Waals surface area (Å²) in [7, 11) is 0. The third kappa shape index (κ3) is 11.0. The number of esters is 3. The summed E-state index contributed by atoms with van der Waals surface area (Å²) in [5.74, 6) is 0.550. The van der Waals surface area contributed by atoms with Gasteiger partial charge >= 0.3 is 17.9 Å². The van der Waals surface area contributed by atoms with Gasteiger partial charge in [-0.3, -0.25) is 4.79 Å². The van der Waals surface area contributed by atoms with Crippen molar-refractivity contribution < 1.29 is 37.7 Å². The molecule has 0 aliphatic heterocycles. The summed E-state index contributed by atoms with van der Waals surface area (Å²) in [5.41, 5.74) is 2.61. The van der Waals surface area contributed by atoms with Crippen LogP contribution in [0.4, 0.5) is 0 Å². The summed E-state index contributed by atoms with van der Waals surface area (Å²) in [6.45, 7) is 7.12. The van der Waals surface area contributed by atoms with E-state index in [9.17, 15) is 14.4 Å². The Morgan fingerprint density at radius 1 is 0.745 bits per heavy atom. The minimum atomic E-state index is -0.501. The third-order valence-electron chi connectivity index (χ3n) is 7.21. The van der Waals surface area contributed by atoms with Gasteiger partial charge in [0.2, 0.25) is 11.8 Å². The molecule has 1 aromatic heterocycles. The molecule has 1 unspecified atom stereocenters. The van der Waals surface area contributed by atoms with Crippen LogP contribution in [-0.4, -0.2) is 47.9 Å². The molecule has 0 amide bonds. The van der Waals surface area contributed by atoms with Crippen molar-refractivity contribution in [2.24, 2.45) is 5.92 Å². The zero-order chi connectivity index (χ0) is 33.4. The topological polar surface area (TPSA) is 127 Å². The van der Waals surface area contributed by atoms with Crippen molar-refractivity contribution in [2.75, 3.05) is 19.8 Å². The molecule has 4 rings (SSSR count). The van der Waals surface area contributed by atoms with Gasteiger partial charge in [0.05, 0.1) is 31.3 Å². The molecule has 0 saturated heterocycles. The van der Waals surface area contributed by atoms with Crippen LogP contribution in [0.3, 0.4) is 0 Å². The highest BCUT2D eigenvalue weighted by atomic mass is 16.5. The summed E-state index contributed by atoms with van der Waals surface area (Å²) >= 11 is 0. The maximum atomic E-state index is 12.7. The second-order valence-corrected chi connectivity index (χ2v) is 10.9. The van der Waals surface area contributed by atoms with Crippen LogP contribution in [0.5, 0.6) is 11.5 Å². The Bertz CT molecular complexity index is 1610. The molecule has 0 spiro atoms. The summed E-state index contributed by atoms with van der Waals surface area (Å²) in [6, 6.07) is 20.8. The molecule has 1 heterocycles. The van der Waals surface area contributed by atoms with E-state index in [1.807, 2.05) is 45.0 Å². The van der Waals surface area contributed by atoms with E-state index >= 15 is 0 Å². The van der Waals surface area contributed by atoms with Crippen molar-refractivity contribution in [3.8, 4) is 34.4 Å². The van der Waals surface area contributed by atoms with Crippen molar-refractivity contribution in [3.05, 3.63) is 90.0 Å². The normalized spacial score (nSPS) is 11.6. The molecular formula is C37H40N2O8. The Hall–Kier alpha value is -5.25. The summed E-state index contributed by atoms with van der Waals surface area (Å²) < 4.78 is 27.5. The predicted molar refractivity (Wildman–Crippen MR) is 177 cm³/mol. The number of ether oxygens (including phenoxy) is 4. The predicted octanol–water partition coefficient (Wildman–Crippen LogP) is 7.73. The van der Waals surface area contributed by atoms with Crippen LogP contribution in [-0.2, 0) is 19.1 Å². The van der Waals surface area contributed by atoms with Gasteiger partial charge in [0, 0.05) is 17.2 Å². The molecule has 1 atom stereocenters. The number of benzene rings is 3. The summed E-state index contributed by atoms with van der Waals surface area (Å²) in [5, 5.41) is 8.30. The third-order valence-corrected chi connectivity index (χ3v) is 7.21. The fraction of sp³-hybridized carbons (Fsp3) is 0.324. The molecule has 10 nitrogen and oxygen atoms in total. The number of aromatic nitrogens is 2. The van der Waals surface area contributed by atoms with E-state index in [0.29, 0.717) is 60.6 Å². The van der Waals surface area contributed by atoms with Gasteiger partial charge < -0.3 is 23.4 Å². The molecule has 10 heteroatoms. The molecule has 0 saturated carbocycles. The van der Waals surface area contributed by atoms with Crippen LogP contribution in [0.25, 0.3) is 29.0 Å². The number of hydrogen-bond acceptors (Lipinski definition) is 10. The fourth-order valence-corrected chi connectivity index (χ4v) is 4.12. The highest BCUT2D eigenvalue weighted by molar-refractivity contribution is 5.91. The Morgan fingerprint density at radius 2 is 1.34 bits per heavy atom. The molecule has 4 aromatic rings. The molecule has 0 aliphatic carbocycles. The van der Waals surface area contributed by atoms with Crippen molar-refractivity contribution >= 4 is 24.0 Å². The second-order valence-electron chi connectivity index (χ2n) is 10.9. The van der Waals surface area contributed by atoms with Crippen molar-refractivity contribution in [1.82, 2.24) is 10.2 Å². The first kappa shape index (κ1) is 34.6. The summed E-state index contributed by atoms with van der Waals surface area (Å²) in [4.78, 5) is 36.1. The molecule has 0 radical (unpaired) electrons. The van der Waals surface area contributed by atoms with Crippen LogP contribution in [0.2, 0.25) is 0 Å². The quantitative estimate of drug-likeness (QED) is 0.0490. The highest BCUT2D eigenvalue weighted by Gasteiger charge is 2.14. The lowest BCUT2D eigenvalue weighted by Gasteiger charge is -2.10. The largest absolute Gasteiger partial charge is 0.494 e. The number of unbranched alkanes of at least 4 members (excludes halogenated alkanes) is 2. The minimum Gasteiger partial charge on any atom is -0.494 e. The van der Waals surface area contributed by atoms with E-state index in [-0.39, 0.29) is 17.9 Å². The van der Waals surface area contributed by atoms with Gasteiger partial charge in [0.15, 0.2) is 0 Å². The number of rotatable bonds is 17. The zero-order valence-corrected chi connectivity index (χ0v) is 27.0. The first-order chi connectivity index (χ1) is 22.9. The molecule has 0 N–H and O–H groups in total. The van der Waals surface area contributed by atoms with Gasteiger partial charge in [0.1, 0.15) is 11.5 Å². The van der Waals surface area contributed by atoms with Crippen LogP contribution in [0, 0.1) is 5.92 Å². The van der Waals surface area contributed by atoms with Crippen molar-refractivity contribution in [1.29, 1.82) is 0 Å². The number of carbonyl (C=O) groups excluding carboxylic acids is 3. The summed E-state index contributed by atoms with van der Waals surface area (Å²) in [6.07, 6.45) is 7.12. The lowest BCUT2D eigenvalue weighted by atomic mass is 10.1. The standard InChI is InChI=1S/C37H40N2O8/c1-4-6-23-44-33(40)22-11-27-9-12-28(13-10-27)34-38-39-35(47-34)29-14-20-32(21-15-29)46-37(42)30-16-18-31(19-17-30)43-24-7-8-25-45-36(41)26(3)5-2/h9-22,26H,4-8,23-25H2,1-3H3/b22-11+. The highest BCUT2D eigenvalue weighted by Crippen LogP contribution is 2.26. The van der Waals surface area contributed by atoms with Gasteiger partial charge in [-0.15, -0.1) is 10.2 Å². The fourth-order valence-electron chi connectivity index (χ4n) is 4.12. The van der Waals surface area contributed by atoms with E-state index in [1.165, 1.54) is 6.08 Å². The monoisotopic (exact) mass is 640 g/mol. The molecule has 3 aromatic carbocycles. The second kappa shape index (κ2) is 18.0. The maximum Gasteiger partial charge on any atom is 0.343 e. The van der Waals surface area contributed by atoms with E-state index in [4.69, 9.17) is 23.4 Å². The van der Waals surface area contributed by atoms with E-state index in [0.717, 1.165) is 36.8 Å². The maximum absolute atomic E-state index is 12.7. The van der Waals surface area contributed by atoms with E-state index in [1.54, 1.807) is 54.6 Å². The first-order valence-corrected chi connectivity index (χ1v) is 15.9. The Labute approximate surface area is 274 Å². The lowest BCUT2D eigenvalue weighted by molar-refractivity contribution is -0.148. The number of nitrogens with zero attached hydrogens (tertiary/aromatic N) is 2. The van der Waals surface area contributed by atoms with Gasteiger partial charge in [-0.05, 0) is 98.0 Å². The molecule has 47 heavy (non-hydrogen) atoms. The van der Waals surface area contributed by atoms with Crippen molar-refractivity contribution in [3.63, 3.8) is 0 Å². The Morgan fingerprint density at radius 3 is 1.98 bits per heavy atom. The number of hydrogen-bond donors (Lipinski definition) is 0. The van der Waals surface area contributed by atoms with E-state index < -0.39 is 5.97 Å². The average molecular weight is 641 g/mol. The van der Waals surface area contributed by atoms with Crippen LogP contribution in [0.15, 0.2) is 83.3 Å². The van der Waals surface area contributed by atoms with Crippen molar-refractivity contribution in [2.45, 2.75) is 52.9 Å². The number of carbonyl (C=O) groups is 3. The van der Waals surface area contributed by atoms with Gasteiger partial charge in [0.25, 0.3) is 0 Å². The van der Waals surface area contributed by atoms with Gasteiger partial charge in [-0.1, -0.05) is 39.3 Å². The Balaban J connectivity index is 1.22. The van der Waals surface area contributed by atoms with Crippen LogP contribution >= 0.6 is 0 Å². The minimum absolute atomic E-state index is 0.0807. The van der Waals surface area contributed by atoms with Crippen LogP contribution in [0.1, 0.15) is 68.8 Å². The Kier molecular flexibility index (Phi) is 13.3. The van der Waals surface area contributed by atoms with Crippen LogP contribution < -0.4 is 9.47 Å².